The molecule has 3 aromatic rings. The van der Waals surface area contributed by atoms with Crippen molar-refractivity contribution in [3.05, 3.63) is 59.4 Å². The Morgan fingerprint density at radius 3 is 2.35 bits per heavy atom. The molecule has 0 radical (unpaired) electrons. The minimum Gasteiger partial charge on any atom is -0.239 e. The molecule has 2 nitrogen and oxygen atoms in total. The van der Waals surface area contributed by atoms with Crippen LogP contribution in [-0.4, -0.2) is 11.2 Å². The second-order valence-corrected chi connectivity index (χ2v) is 6.82. The van der Waals surface area contributed by atoms with E-state index in [0.717, 1.165) is 26.7 Å². The fraction of sp³-hybridized carbons (Fsp3) is 0.111. The summed E-state index contributed by atoms with van der Waals surface area (Å²) in [6.45, 7) is 0. The highest BCUT2D eigenvalue weighted by atomic mass is 32.2. The molecule has 1 aromatic heterocycles. The van der Waals surface area contributed by atoms with Crippen molar-refractivity contribution in [1.82, 2.24) is 4.98 Å². The minimum absolute atomic E-state index is 0.271. The van der Waals surface area contributed by atoms with E-state index in [1.165, 1.54) is 28.4 Å². The molecule has 0 bridgehead atoms. The molecule has 0 aliphatic carbocycles. The Labute approximate surface area is 142 Å². The Kier molecular flexibility index (Phi) is 4.75. The number of hydrogen-bond acceptors (Lipinski definition) is 4. The topological polar surface area (TPSA) is 36.7 Å². The van der Waals surface area contributed by atoms with Crippen LogP contribution in [0.1, 0.15) is 5.01 Å². The quantitative estimate of drug-likeness (QED) is 0.596. The van der Waals surface area contributed by atoms with E-state index in [9.17, 15) is 4.39 Å². The van der Waals surface area contributed by atoms with Gasteiger partial charge in [0.15, 0.2) is 0 Å². The van der Waals surface area contributed by atoms with Gasteiger partial charge in [-0.3, -0.25) is 0 Å². The number of rotatable bonds is 4. The second kappa shape index (κ2) is 6.95. The molecule has 0 unspecified atom stereocenters. The van der Waals surface area contributed by atoms with Crippen LogP contribution in [0.15, 0.2) is 53.4 Å². The molecule has 0 spiro atoms. The van der Waals surface area contributed by atoms with Crippen molar-refractivity contribution in [3.63, 3.8) is 0 Å². The van der Waals surface area contributed by atoms with E-state index in [1.54, 1.807) is 23.9 Å². The van der Waals surface area contributed by atoms with Crippen LogP contribution in [0.5, 0.6) is 0 Å². The Balaban J connectivity index is 2.10. The van der Waals surface area contributed by atoms with Crippen LogP contribution >= 0.6 is 23.1 Å². The number of thioether (sulfide) groups is 1. The molecule has 0 fully saturated rings. The fourth-order valence-electron chi connectivity index (χ4n) is 2.25. The molecule has 0 amide bonds. The molecule has 1 heterocycles. The monoisotopic (exact) mass is 340 g/mol. The summed E-state index contributed by atoms with van der Waals surface area (Å²) >= 11 is 3.21. The Morgan fingerprint density at radius 2 is 1.74 bits per heavy atom. The van der Waals surface area contributed by atoms with Gasteiger partial charge in [0.05, 0.1) is 23.1 Å². The normalized spacial score (nSPS) is 10.5. The van der Waals surface area contributed by atoms with Gasteiger partial charge < -0.3 is 0 Å². The van der Waals surface area contributed by atoms with Crippen LogP contribution in [0.4, 0.5) is 4.39 Å². The van der Waals surface area contributed by atoms with Gasteiger partial charge in [-0.25, -0.2) is 9.37 Å². The van der Waals surface area contributed by atoms with Gasteiger partial charge in [-0.05, 0) is 48.2 Å². The molecular weight excluding hydrogens is 327 g/mol. The van der Waals surface area contributed by atoms with Crippen LogP contribution in [-0.2, 0) is 6.42 Å². The van der Waals surface area contributed by atoms with Gasteiger partial charge in [0.2, 0.25) is 0 Å². The average Bonchev–Trinajstić information content (AvgIpc) is 3.00. The zero-order valence-corrected chi connectivity index (χ0v) is 14.0. The Bertz CT molecular complexity index is 846. The van der Waals surface area contributed by atoms with E-state index < -0.39 is 0 Å². The van der Waals surface area contributed by atoms with Crippen molar-refractivity contribution in [2.24, 2.45) is 0 Å². The van der Waals surface area contributed by atoms with Crippen molar-refractivity contribution in [3.8, 4) is 27.8 Å². The average molecular weight is 340 g/mol. The van der Waals surface area contributed by atoms with Gasteiger partial charge in [-0.15, -0.1) is 23.1 Å². The third-order valence-electron chi connectivity index (χ3n) is 3.37. The van der Waals surface area contributed by atoms with Gasteiger partial charge in [0.1, 0.15) is 10.8 Å². The van der Waals surface area contributed by atoms with Gasteiger partial charge in [0.25, 0.3) is 0 Å². The van der Waals surface area contributed by atoms with E-state index in [1.807, 2.05) is 6.26 Å². The van der Waals surface area contributed by atoms with Crippen molar-refractivity contribution < 1.29 is 4.39 Å². The summed E-state index contributed by atoms with van der Waals surface area (Å²) in [4.78, 5) is 6.79. The van der Waals surface area contributed by atoms with E-state index in [0.29, 0.717) is 0 Å². The number of benzene rings is 2. The largest absolute Gasteiger partial charge is 0.239 e. The van der Waals surface area contributed by atoms with E-state index in [-0.39, 0.29) is 12.2 Å². The molecule has 0 atom stereocenters. The van der Waals surface area contributed by atoms with Crippen LogP contribution in [0, 0.1) is 17.1 Å². The molecule has 23 heavy (non-hydrogen) atoms. The summed E-state index contributed by atoms with van der Waals surface area (Å²) in [6.07, 6.45) is 2.32. The molecule has 0 saturated heterocycles. The predicted molar refractivity (Wildman–Crippen MR) is 94.0 cm³/mol. The summed E-state index contributed by atoms with van der Waals surface area (Å²) in [6, 6.07) is 16.7. The third kappa shape index (κ3) is 3.44. The highest BCUT2D eigenvalue weighted by Gasteiger charge is 2.15. The van der Waals surface area contributed by atoms with Crippen molar-refractivity contribution in [2.75, 3.05) is 6.26 Å². The number of nitrogens with zero attached hydrogens (tertiary/aromatic N) is 2. The van der Waals surface area contributed by atoms with E-state index in [4.69, 9.17) is 5.26 Å². The lowest BCUT2D eigenvalue weighted by Gasteiger charge is -2.04. The molecule has 3 rings (SSSR count). The number of hydrogen-bond donors (Lipinski definition) is 0. The van der Waals surface area contributed by atoms with E-state index >= 15 is 0 Å². The van der Waals surface area contributed by atoms with Crippen LogP contribution < -0.4 is 0 Å². The summed E-state index contributed by atoms with van der Waals surface area (Å²) in [5.74, 6) is -0.271. The van der Waals surface area contributed by atoms with Gasteiger partial charge in [-0.1, -0.05) is 12.1 Å². The standard InChI is InChI=1S/C18H13FN2S2/c1-22-15-8-4-13(5-9-15)18-17(21-16(23-18)10-11-20)12-2-6-14(19)7-3-12/h2-9H,10H2,1H3. The first-order valence-electron chi connectivity index (χ1n) is 6.98. The van der Waals surface area contributed by atoms with E-state index in [2.05, 4.69) is 35.3 Å². The summed E-state index contributed by atoms with van der Waals surface area (Å²) in [5, 5.41) is 9.70. The third-order valence-corrected chi connectivity index (χ3v) is 5.22. The first-order chi connectivity index (χ1) is 11.2. The molecular formula is C18H13FN2S2. The lowest BCUT2D eigenvalue weighted by Crippen LogP contribution is -1.84. The molecule has 0 saturated carbocycles. The zero-order valence-electron chi connectivity index (χ0n) is 12.4. The fourth-order valence-corrected chi connectivity index (χ4v) is 3.68. The molecule has 5 heteroatoms. The SMILES string of the molecule is CSc1ccc(-c2sc(CC#N)nc2-c2ccc(F)cc2)cc1. The molecule has 0 aliphatic rings. The maximum Gasteiger partial charge on any atom is 0.123 e. The van der Waals surface area contributed by atoms with Crippen molar-refractivity contribution in [2.45, 2.75) is 11.3 Å². The van der Waals surface area contributed by atoms with Crippen molar-refractivity contribution >= 4 is 23.1 Å². The summed E-state index contributed by atoms with van der Waals surface area (Å²) in [7, 11) is 0. The first kappa shape index (κ1) is 15.7. The summed E-state index contributed by atoms with van der Waals surface area (Å²) < 4.78 is 13.2. The number of aromatic nitrogens is 1. The number of nitriles is 1. The maximum atomic E-state index is 13.2. The number of halogens is 1. The lowest BCUT2D eigenvalue weighted by atomic mass is 10.1. The Hall–Kier alpha value is -2.16. The number of thiazole rings is 1. The molecule has 0 N–H and O–H groups in total. The first-order valence-corrected chi connectivity index (χ1v) is 9.02. The van der Waals surface area contributed by atoms with Gasteiger partial charge >= 0.3 is 0 Å². The second-order valence-electron chi connectivity index (χ2n) is 4.86. The highest BCUT2D eigenvalue weighted by molar-refractivity contribution is 7.98. The maximum absolute atomic E-state index is 13.2. The highest BCUT2D eigenvalue weighted by Crippen LogP contribution is 2.37. The Morgan fingerprint density at radius 1 is 1.09 bits per heavy atom. The van der Waals surface area contributed by atoms with Gasteiger partial charge in [-0.2, -0.15) is 5.26 Å². The molecule has 0 aliphatic heterocycles. The lowest BCUT2D eigenvalue weighted by molar-refractivity contribution is 0.628. The minimum atomic E-state index is -0.271. The smallest absolute Gasteiger partial charge is 0.123 e. The predicted octanol–water partition coefficient (Wildman–Crippen LogP) is 5.40. The van der Waals surface area contributed by atoms with Crippen molar-refractivity contribution in [1.29, 1.82) is 5.26 Å². The van der Waals surface area contributed by atoms with Crippen LogP contribution in [0.2, 0.25) is 0 Å². The summed E-state index contributed by atoms with van der Waals surface area (Å²) in [5.41, 5.74) is 2.72. The zero-order chi connectivity index (χ0) is 16.2. The molecule has 2 aromatic carbocycles. The van der Waals surface area contributed by atoms with Crippen LogP contribution in [0.25, 0.3) is 21.7 Å². The molecule has 114 valence electrons. The van der Waals surface area contributed by atoms with Crippen LogP contribution in [0.3, 0.4) is 0 Å². The van der Waals surface area contributed by atoms with Gasteiger partial charge in [0, 0.05) is 10.5 Å².